The first kappa shape index (κ1) is 11.5. The highest BCUT2D eigenvalue weighted by atomic mass is 79.9. The highest BCUT2D eigenvalue weighted by molar-refractivity contribution is 9.10. The maximum Gasteiger partial charge on any atom is 0.228 e. The molecule has 1 fully saturated rings. The fraction of sp³-hybridized carbons (Fsp3) is 0.455. The number of rotatable bonds is 2. The van der Waals surface area contributed by atoms with Crippen LogP contribution in [-0.2, 0) is 4.79 Å². The number of aliphatic hydroxyl groups is 1. The van der Waals surface area contributed by atoms with Crippen LogP contribution in [-0.4, -0.2) is 29.1 Å². The van der Waals surface area contributed by atoms with Crippen LogP contribution in [0.25, 0.3) is 0 Å². The van der Waals surface area contributed by atoms with Crippen LogP contribution in [0.3, 0.4) is 0 Å². The van der Waals surface area contributed by atoms with Crippen molar-refractivity contribution in [1.82, 2.24) is 4.98 Å². The second kappa shape index (κ2) is 4.51. The molecule has 2 heterocycles. The summed E-state index contributed by atoms with van der Waals surface area (Å²) in [6, 6.07) is 3.77. The molecule has 1 N–H and O–H groups in total. The van der Waals surface area contributed by atoms with Gasteiger partial charge in [-0.25, -0.2) is 4.98 Å². The summed E-state index contributed by atoms with van der Waals surface area (Å²) in [5.41, 5.74) is 1.05. The van der Waals surface area contributed by atoms with Gasteiger partial charge in [0.25, 0.3) is 0 Å². The number of halogens is 1. The summed E-state index contributed by atoms with van der Waals surface area (Å²) in [4.78, 5) is 17.6. The van der Waals surface area contributed by atoms with Gasteiger partial charge in [0.05, 0.1) is 0 Å². The Balaban J connectivity index is 2.27. The van der Waals surface area contributed by atoms with Crippen molar-refractivity contribution in [3.8, 4) is 0 Å². The second-order valence-electron chi connectivity index (χ2n) is 4.08. The van der Waals surface area contributed by atoms with Gasteiger partial charge in [-0.3, -0.25) is 9.69 Å². The highest BCUT2D eigenvalue weighted by Crippen LogP contribution is 2.25. The lowest BCUT2D eigenvalue weighted by molar-refractivity contribution is -0.117. The molecule has 0 aromatic carbocycles. The van der Waals surface area contributed by atoms with Gasteiger partial charge in [0, 0.05) is 25.5 Å². The number of hydrogen-bond acceptors (Lipinski definition) is 3. The Bertz CT molecular complexity index is 402. The number of carbonyl (C=O) groups is 1. The molecule has 0 saturated carbocycles. The first-order chi connectivity index (χ1) is 7.60. The molecule has 1 unspecified atom stereocenters. The number of nitrogens with zero attached hydrogens (tertiary/aromatic N) is 2. The fourth-order valence-electron chi connectivity index (χ4n) is 1.87. The molecule has 1 aromatic heterocycles. The lowest BCUT2D eigenvalue weighted by atomic mass is 10.1. The third kappa shape index (κ3) is 2.25. The maximum absolute atomic E-state index is 11.7. The quantitative estimate of drug-likeness (QED) is 0.838. The van der Waals surface area contributed by atoms with Crippen molar-refractivity contribution in [2.45, 2.75) is 13.3 Å². The summed E-state index contributed by atoms with van der Waals surface area (Å²) in [5, 5.41) is 9.05. The van der Waals surface area contributed by atoms with Gasteiger partial charge < -0.3 is 5.11 Å². The Hall–Kier alpha value is -0.940. The van der Waals surface area contributed by atoms with Crippen molar-refractivity contribution in [2.75, 3.05) is 18.1 Å². The first-order valence-corrected chi connectivity index (χ1v) is 5.95. The average molecular weight is 285 g/mol. The lowest BCUT2D eigenvalue weighted by Crippen LogP contribution is -2.26. The maximum atomic E-state index is 11.7. The summed E-state index contributed by atoms with van der Waals surface area (Å²) in [5.74, 6) is 0.727. The summed E-state index contributed by atoms with van der Waals surface area (Å²) in [7, 11) is 0. The zero-order valence-corrected chi connectivity index (χ0v) is 10.6. The van der Waals surface area contributed by atoms with Gasteiger partial charge in [0.15, 0.2) is 0 Å². The van der Waals surface area contributed by atoms with Crippen LogP contribution in [0.2, 0.25) is 0 Å². The lowest BCUT2D eigenvalue weighted by Gasteiger charge is -2.16. The minimum absolute atomic E-state index is 0.0315. The van der Waals surface area contributed by atoms with Gasteiger partial charge in [-0.1, -0.05) is 0 Å². The van der Waals surface area contributed by atoms with Crippen molar-refractivity contribution in [3.05, 3.63) is 22.3 Å². The molecule has 86 valence electrons. The molecule has 1 aliphatic heterocycles. The van der Waals surface area contributed by atoms with Gasteiger partial charge in [-0.2, -0.15) is 0 Å². The number of hydrogen-bond donors (Lipinski definition) is 1. The molecule has 1 amide bonds. The summed E-state index contributed by atoms with van der Waals surface area (Å²) in [6.45, 7) is 2.56. The van der Waals surface area contributed by atoms with Crippen molar-refractivity contribution in [2.24, 2.45) is 5.92 Å². The number of amides is 1. The van der Waals surface area contributed by atoms with E-state index in [1.807, 2.05) is 19.1 Å². The van der Waals surface area contributed by atoms with E-state index in [0.717, 1.165) is 10.2 Å². The molecule has 0 radical (unpaired) electrons. The van der Waals surface area contributed by atoms with E-state index in [4.69, 9.17) is 5.11 Å². The third-order valence-electron chi connectivity index (χ3n) is 2.66. The normalized spacial score (nSPS) is 20.6. The number of carbonyl (C=O) groups excluding carboxylic acids is 1. The van der Waals surface area contributed by atoms with Gasteiger partial charge in [-0.05, 0) is 40.5 Å². The van der Waals surface area contributed by atoms with Crippen LogP contribution in [0.4, 0.5) is 5.82 Å². The molecule has 0 aliphatic carbocycles. The minimum Gasteiger partial charge on any atom is -0.396 e. The predicted molar refractivity (Wildman–Crippen MR) is 64.2 cm³/mol. The Kier molecular flexibility index (Phi) is 3.25. The summed E-state index contributed by atoms with van der Waals surface area (Å²) >= 11 is 3.31. The van der Waals surface area contributed by atoms with E-state index >= 15 is 0 Å². The molecule has 4 nitrogen and oxygen atoms in total. The standard InChI is InChI=1S/C11H13BrN2O2/c1-7-2-9(12)13-10(3-7)14-5-8(6-15)4-11(14)16/h2-3,8,15H,4-6H2,1H3. The van der Waals surface area contributed by atoms with Crippen LogP contribution in [0, 0.1) is 12.8 Å². The van der Waals surface area contributed by atoms with E-state index in [2.05, 4.69) is 20.9 Å². The SMILES string of the molecule is Cc1cc(Br)nc(N2CC(CO)CC2=O)c1. The third-order valence-corrected chi connectivity index (χ3v) is 3.07. The van der Waals surface area contributed by atoms with E-state index in [0.29, 0.717) is 18.8 Å². The molecule has 0 bridgehead atoms. The molecule has 16 heavy (non-hydrogen) atoms. The number of pyridine rings is 1. The van der Waals surface area contributed by atoms with Crippen LogP contribution in [0.5, 0.6) is 0 Å². The fourth-order valence-corrected chi connectivity index (χ4v) is 2.41. The smallest absolute Gasteiger partial charge is 0.228 e. The molecule has 1 aliphatic rings. The van der Waals surface area contributed by atoms with Crippen molar-refractivity contribution in [3.63, 3.8) is 0 Å². The van der Waals surface area contributed by atoms with E-state index in [1.165, 1.54) is 0 Å². The molecular formula is C11H13BrN2O2. The zero-order valence-electron chi connectivity index (χ0n) is 8.98. The summed E-state index contributed by atoms with van der Waals surface area (Å²) < 4.78 is 0.725. The van der Waals surface area contributed by atoms with Crippen LogP contribution >= 0.6 is 15.9 Å². The monoisotopic (exact) mass is 284 g/mol. The van der Waals surface area contributed by atoms with Gasteiger partial charge >= 0.3 is 0 Å². The number of aryl methyl sites for hydroxylation is 1. The molecule has 1 saturated heterocycles. The Labute approximate surface area is 102 Å². The Morgan fingerprint density at radius 3 is 2.94 bits per heavy atom. The van der Waals surface area contributed by atoms with E-state index in [-0.39, 0.29) is 18.4 Å². The number of anilines is 1. The van der Waals surface area contributed by atoms with Crippen molar-refractivity contribution >= 4 is 27.7 Å². The Morgan fingerprint density at radius 2 is 2.38 bits per heavy atom. The topological polar surface area (TPSA) is 53.4 Å². The second-order valence-corrected chi connectivity index (χ2v) is 4.89. The predicted octanol–water partition coefficient (Wildman–Crippen LogP) is 1.50. The molecular weight excluding hydrogens is 272 g/mol. The molecule has 1 atom stereocenters. The average Bonchev–Trinajstić information content (AvgIpc) is 2.58. The van der Waals surface area contributed by atoms with Crippen LogP contribution < -0.4 is 4.90 Å². The largest absolute Gasteiger partial charge is 0.396 e. The van der Waals surface area contributed by atoms with Crippen molar-refractivity contribution < 1.29 is 9.90 Å². The molecule has 1 aromatic rings. The van der Waals surface area contributed by atoms with E-state index in [1.54, 1.807) is 4.90 Å². The van der Waals surface area contributed by atoms with Gasteiger partial charge in [0.1, 0.15) is 10.4 Å². The number of aromatic nitrogens is 1. The summed E-state index contributed by atoms with van der Waals surface area (Å²) in [6.07, 6.45) is 0.406. The number of aliphatic hydroxyl groups excluding tert-OH is 1. The highest BCUT2D eigenvalue weighted by Gasteiger charge is 2.30. The minimum atomic E-state index is 0.0315. The van der Waals surface area contributed by atoms with Crippen LogP contribution in [0.15, 0.2) is 16.7 Å². The zero-order chi connectivity index (χ0) is 11.7. The Morgan fingerprint density at radius 1 is 1.62 bits per heavy atom. The van der Waals surface area contributed by atoms with Gasteiger partial charge in [-0.15, -0.1) is 0 Å². The van der Waals surface area contributed by atoms with Gasteiger partial charge in [0.2, 0.25) is 5.91 Å². The molecule has 2 rings (SSSR count). The van der Waals surface area contributed by atoms with E-state index in [9.17, 15) is 4.79 Å². The molecule has 5 heteroatoms. The first-order valence-electron chi connectivity index (χ1n) is 5.15. The van der Waals surface area contributed by atoms with E-state index < -0.39 is 0 Å². The van der Waals surface area contributed by atoms with Crippen LogP contribution in [0.1, 0.15) is 12.0 Å². The van der Waals surface area contributed by atoms with Crippen molar-refractivity contribution in [1.29, 1.82) is 0 Å². The molecule has 0 spiro atoms.